The Morgan fingerprint density at radius 3 is 2.41 bits per heavy atom. The van der Waals surface area contributed by atoms with Gasteiger partial charge >= 0.3 is 0 Å². The average molecular weight is 526 g/mol. The number of hydrazine groups is 1. The molecule has 0 fully saturated rings. The maximum atomic E-state index is 12.6. The third-order valence-electron chi connectivity index (χ3n) is 4.63. The van der Waals surface area contributed by atoms with Crippen LogP contribution in [0.4, 0.5) is 0 Å². The third-order valence-corrected chi connectivity index (χ3v) is 5.36. The fraction of sp³-hybridized carbons (Fsp3) is 0.375. The Morgan fingerprint density at radius 1 is 0.912 bits per heavy atom. The molecule has 10 heteroatoms. The molecular weight excluding hydrogens is 497 g/mol. The molecule has 0 aromatic heterocycles. The van der Waals surface area contributed by atoms with Crippen LogP contribution in [0.1, 0.15) is 55.8 Å². The van der Waals surface area contributed by atoms with Gasteiger partial charge in [-0.1, -0.05) is 61.5 Å². The van der Waals surface area contributed by atoms with Crippen molar-refractivity contribution < 1.29 is 19.1 Å². The van der Waals surface area contributed by atoms with Crippen LogP contribution in [-0.2, 0) is 4.79 Å². The summed E-state index contributed by atoms with van der Waals surface area (Å²) in [6, 6.07) is 11.9. The number of benzene rings is 2. The van der Waals surface area contributed by atoms with Crippen molar-refractivity contribution in [2.24, 2.45) is 0 Å². The van der Waals surface area contributed by atoms with Crippen LogP contribution < -0.4 is 25.6 Å². The topological polar surface area (TPSA) is 88.7 Å². The van der Waals surface area contributed by atoms with Gasteiger partial charge in [-0.3, -0.25) is 25.8 Å². The number of halogens is 2. The summed E-state index contributed by atoms with van der Waals surface area (Å²) >= 11 is 17.0. The van der Waals surface area contributed by atoms with Gasteiger partial charge in [-0.05, 0) is 55.4 Å². The number of amides is 2. The van der Waals surface area contributed by atoms with Crippen molar-refractivity contribution in [1.29, 1.82) is 0 Å². The Hall–Kier alpha value is -2.55. The molecule has 34 heavy (non-hydrogen) atoms. The summed E-state index contributed by atoms with van der Waals surface area (Å²) in [7, 11) is 0. The van der Waals surface area contributed by atoms with E-state index in [1.807, 2.05) is 0 Å². The van der Waals surface area contributed by atoms with Crippen molar-refractivity contribution in [3.8, 4) is 11.5 Å². The van der Waals surface area contributed by atoms with Crippen molar-refractivity contribution in [1.82, 2.24) is 16.2 Å². The molecule has 0 saturated heterocycles. The number of nitrogens with one attached hydrogen (secondary N) is 3. The number of carbonyl (C=O) groups is 2. The Bertz CT molecular complexity index is 975. The van der Waals surface area contributed by atoms with Crippen LogP contribution in [0.2, 0.25) is 10.0 Å². The van der Waals surface area contributed by atoms with Crippen molar-refractivity contribution in [2.75, 3.05) is 13.2 Å². The van der Waals surface area contributed by atoms with E-state index in [4.69, 9.17) is 44.9 Å². The number of para-hydroxylation sites is 1. The van der Waals surface area contributed by atoms with Crippen molar-refractivity contribution in [3.05, 3.63) is 58.1 Å². The van der Waals surface area contributed by atoms with E-state index >= 15 is 0 Å². The summed E-state index contributed by atoms with van der Waals surface area (Å²) in [4.78, 5) is 24.6. The first kappa shape index (κ1) is 27.7. The highest BCUT2D eigenvalue weighted by Crippen LogP contribution is 2.27. The zero-order valence-electron chi connectivity index (χ0n) is 19.0. The molecule has 0 radical (unpaired) electrons. The zero-order chi connectivity index (χ0) is 24.8. The molecule has 0 bridgehead atoms. The van der Waals surface area contributed by atoms with Crippen molar-refractivity contribution in [3.63, 3.8) is 0 Å². The maximum absolute atomic E-state index is 12.6. The number of unbranched alkanes of at least 4 members (excludes halogenated alkanes) is 3. The van der Waals surface area contributed by atoms with Crippen LogP contribution in [0.3, 0.4) is 0 Å². The Kier molecular flexibility index (Phi) is 12.5. The van der Waals surface area contributed by atoms with E-state index in [0.717, 1.165) is 25.7 Å². The number of rotatable bonds is 12. The number of carbonyl (C=O) groups excluding carboxylic acids is 2. The molecule has 3 N–H and O–H groups in total. The largest absolute Gasteiger partial charge is 0.493 e. The number of thiocarbonyl (C=S) groups is 1. The molecule has 0 aliphatic carbocycles. The molecule has 0 spiro atoms. The first-order valence-corrected chi connectivity index (χ1v) is 12.3. The average Bonchev–Trinajstić information content (AvgIpc) is 2.81. The van der Waals surface area contributed by atoms with Crippen LogP contribution in [0.15, 0.2) is 42.5 Å². The molecule has 0 aliphatic rings. The molecule has 2 amide bonds. The van der Waals surface area contributed by atoms with E-state index < -0.39 is 5.91 Å². The minimum absolute atomic E-state index is 0.0275. The van der Waals surface area contributed by atoms with Crippen molar-refractivity contribution >= 4 is 52.3 Å². The molecule has 0 atom stereocenters. The third kappa shape index (κ3) is 10.2. The van der Waals surface area contributed by atoms with Gasteiger partial charge in [0.1, 0.15) is 11.5 Å². The van der Waals surface area contributed by atoms with Gasteiger partial charge in [0.2, 0.25) is 5.91 Å². The smallest absolute Gasteiger partial charge is 0.261 e. The minimum Gasteiger partial charge on any atom is -0.493 e. The molecule has 0 unspecified atom stereocenters. The van der Waals surface area contributed by atoms with E-state index in [-0.39, 0.29) is 17.4 Å². The lowest BCUT2D eigenvalue weighted by Gasteiger charge is -2.13. The number of hydrogen-bond acceptors (Lipinski definition) is 5. The Balaban J connectivity index is 1.69. The molecule has 0 heterocycles. The highest BCUT2D eigenvalue weighted by molar-refractivity contribution is 7.80. The molecule has 184 valence electrons. The number of hydrogen-bond donors (Lipinski definition) is 3. The van der Waals surface area contributed by atoms with Gasteiger partial charge in [-0.2, -0.15) is 0 Å². The quantitative estimate of drug-likeness (QED) is 0.194. The summed E-state index contributed by atoms with van der Waals surface area (Å²) in [6.45, 7) is 2.98. The van der Waals surface area contributed by atoms with E-state index in [2.05, 4.69) is 23.1 Å². The van der Waals surface area contributed by atoms with E-state index in [0.29, 0.717) is 46.7 Å². The lowest BCUT2D eigenvalue weighted by atomic mass is 10.2. The van der Waals surface area contributed by atoms with Gasteiger partial charge < -0.3 is 9.47 Å². The van der Waals surface area contributed by atoms with Crippen LogP contribution in [-0.4, -0.2) is 30.1 Å². The molecule has 2 rings (SSSR count). The van der Waals surface area contributed by atoms with Crippen LogP contribution >= 0.6 is 35.4 Å². The summed E-state index contributed by atoms with van der Waals surface area (Å²) < 4.78 is 11.3. The normalized spacial score (nSPS) is 10.3. The van der Waals surface area contributed by atoms with Crippen LogP contribution in [0.5, 0.6) is 11.5 Å². The monoisotopic (exact) mass is 525 g/mol. The summed E-state index contributed by atoms with van der Waals surface area (Å²) in [6.07, 6.45) is 4.94. The van der Waals surface area contributed by atoms with Gasteiger partial charge in [-0.15, -0.1) is 0 Å². The highest BCUT2D eigenvalue weighted by Gasteiger charge is 2.14. The van der Waals surface area contributed by atoms with Gasteiger partial charge in [0.15, 0.2) is 5.11 Å². The second-order valence-electron chi connectivity index (χ2n) is 7.39. The lowest BCUT2D eigenvalue weighted by molar-refractivity contribution is -0.121. The Labute approximate surface area is 215 Å². The van der Waals surface area contributed by atoms with Crippen LogP contribution in [0, 0.1) is 0 Å². The fourth-order valence-corrected chi connectivity index (χ4v) is 3.50. The SMILES string of the molecule is CCCCCCOc1ccccc1C(=O)NC(=S)NNC(=O)CCCOc1ccc(Cl)cc1Cl. The molecular formula is C24H29Cl2N3O4S. The van der Waals surface area contributed by atoms with E-state index in [1.54, 1.807) is 42.5 Å². The van der Waals surface area contributed by atoms with E-state index in [9.17, 15) is 9.59 Å². The predicted octanol–water partition coefficient (Wildman–Crippen LogP) is 5.45. The van der Waals surface area contributed by atoms with E-state index in [1.165, 1.54) is 0 Å². The predicted molar refractivity (Wildman–Crippen MR) is 139 cm³/mol. The number of ether oxygens (including phenoxy) is 2. The minimum atomic E-state index is -0.427. The molecule has 2 aromatic carbocycles. The van der Waals surface area contributed by atoms with Crippen molar-refractivity contribution in [2.45, 2.75) is 45.4 Å². The van der Waals surface area contributed by atoms with Gasteiger partial charge in [0, 0.05) is 11.4 Å². The first-order chi connectivity index (χ1) is 16.4. The molecule has 0 saturated carbocycles. The fourth-order valence-electron chi connectivity index (χ4n) is 2.89. The maximum Gasteiger partial charge on any atom is 0.261 e. The molecule has 2 aromatic rings. The first-order valence-electron chi connectivity index (χ1n) is 11.1. The molecule has 7 nitrogen and oxygen atoms in total. The van der Waals surface area contributed by atoms with Crippen LogP contribution in [0.25, 0.3) is 0 Å². The Morgan fingerprint density at radius 2 is 1.65 bits per heavy atom. The lowest BCUT2D eigenvalue weighted by Crippen LogP contribution is -2.48. The second kappa shape index (κ2) is 15.4. The second-order valence-corrected chi connectivity index (χ2v) is 8.64. The van der Waals surface area contributed by atoms with Gasteiger partial charge in [-0.25, -0.2) is 0 Å². The summed E-state index contributed by atoms with van der Waals surface area (Å²) in [5.74, 6) is 0.255. The van der Waals surface area contributed by atoms with Gasteiger partial charge in [0.05, 0.1) is 23.8 Å². The molecule has 0 aliphatic heterocycles. The zero-order valence-corrected chi connectivity index (χ0v) is 21.3. The van der Waals surface area contributed by atoms with Gasteiger partial charge in [0.25, 0.3) is 5.91 Å². The standard InChI is InChI=1S/C24H29Cl2N3O4S/c1-2-3-4-7-14-32-20-10-6-5-9-18(20)23(31)27-24(34)29-28-22(30)11-8-15-33-21-13-12-17(25)16-19(21)26/h5-6,9-10,12-13,16H,2-4,7-8,11,14-15H2,1H3,(H,28,30)(H2,27,29,31,34). The summed E-state index contributed by atoms with van der Waals surface area (Å²) in [5, 5.41) is 3.43. The summed E-state index contributed by atoms with van der Waals surface area (Å²) in [5.41, 5.74) is 5.34. The highest BCUT2D eigenvalue weighted by atomic mass is 35.5.